The molecule has 4 aliphatic rings. The van der Waals surface area contributed by atoms with Gasteiger partial charge in [-0.2, -0.15) is 0 Å². The molecule has 5 atom stereocenters. The summed E-state index contributed by atoms with van der Waals surface area (Å²) in [7, 11) is 0. The maximum absolute atomic E-state index is 15.9. The minimum absolute atomic E-state index is 0.0708. The van der Waals surface area contributed by atoms with Gasteiger partial charge in [-0.25, -0.2) is 4.39 Å². The lowest BCUT2D eigenvalue weighted by Gasteiger charge is -2.53. The number of halogens is 1. The third-order valence-corrected chi connectivity index (χ3v) is 11.0. The molecule has 4 saturated carbocycles. The van der Waals surface area contributed by atoms with Gasteiger partial charge in [-0.1, -0.05) is 103 Å². The molecule has 0 saturated heterocycles. The van der Waals surface area contributed by atoms with Crippen molar-refractivity contribution in [2.75, 3.05) is 0 Å². The highest BCUT2D eigenvalue weighted by Gasteiger charge is 2.52. The standard InChI is InChI=1S/C30H53FO4/c1-2-26(30(33,34)35)28(31)29(32)27-24(21-14-8-4-9-15-21)18-23(20-12-6-3-7-13-20)19-25(27)22-16-10-5-11-17-22/h20-29,32-35H,2-19H2,1H3. The minimum atomic E-state index is -3.10. The molecule has 0 aromatic carbocycles. The van der Waals surface area contributed by atoms with Crippen molar-refractivity contribution in [2.24, 2.45) is 47.3 Å². The Morgan fingerprint density at radius 1 is 0.657 bits per heavy atom. The molecule has 0 aliphatic heterocycles. The second-order valence-electron chi connectivity index (χ2n) is 13.0. The van der Waals surface area contributed by atoms with Crippen molar-refractivity contribution in [2.45, 2.75) is 141 Å². The highest BCUT2D eigenvalue weighted by Crippen LogP contribution is 2.55. The highest BCUT2D eigenvalue weighted by molar-refractivity contribution is 5.00. The second kappa shape index (κ2) is 12.5. The molecular formula is C30H53FO4. The molecule has 4 nitrogen and oxygen atoms in total. The Kier molecular flexibility index (Phi) is 9.96. The van der Waals surface area contributed by atoms with Gasteiger partial charge in [-0.05, 0) is 60.7 Å². The van der Waals surface area contributed by atoms with Crippen LogP contribution >= 0.6 is 0 Å². The molecule has 5 heteroatoms. The van der Waals surface area contributed by atoms with Crippen molar-refractivity contribution in [3.8, 4) is 0 Å². The third-order valence-electron chi connectivity index (χ3n) is 11.0. The zero-order valence-electron chi connectivity index (χ0n) is 22.2. The molecule has 204 valence electrons. The number of alkyl halides is 1. The Balaban J connectivity index is 1.66. The van der Waals surface area contributed by atoms with Crippen LogP contribution in [0.25, 0.3) is 0 Å². The topological polar surface area (TPSA) is 80.9 Å². The molecule has 35 heavy (non-hydrogen) atoms. The maximum Gasteiger partial charge on any atom is 0.281 e. The van der Waals surface area contributed by atoms with Crippen LogP contribution in [0.4, 0.5) is 4.39 Å². The van der Waals surface area contributed by atoms with Crippen molar-refractivity contribution >= 4 is 0 Å². The van der Waals surface area contributed by atoms with E-state index in [1.165, 1.54) is 96.3 Å². The molecule has 4 rings (SSSR count). The predicted molar refractivity (Wildman–Crippen MR) is 137 cm³/mol. The van der Waals surface area contributed by atoms with E-state index in [1.54, 1.807) is 6.92 Å². The Labute approximate surface area is 213 Å². The van der Waals surface area contributed by atoms with Crippen LogP contribution in [0, 0.1) is 47.3 Å². The van der Waals surface area contributed by atoms with Gasteiger partial charge in [0.2, 0.25) is 0 Å². The van der Waals surface area contributed by atoms with Crippen LogP contribution in [0.15, 0.2) is 0 Å². The summed E-state index contributed by atoms with van der Waals surface area (Å²) in [6.07, 6.45) is 18.1. The quantitative estimate of drug-likeness (QED) is 0.296. The van der Waals surface area contributed by atoms with Crippen molar-refractivity contribution < 1.29 is 24.8 Å². The van der Waals surface area contributed by atoms with E-state index in [0.29, 0.717) is 29.6 Å². The second-order valence-corrected chi connectivity index (χ2v) is 13.0. The van der Waals surface area contributed by atoms with E-state index in [0.717, 1.165) is 18.8 Å². The van der Waals surface area contributed by atoms with Crippen LogP contribution in [0.1, 0.15) is 122 Å². The molecule has 4 fully saturated rings. The first-order valence-electron chi connectivity index (χ1n) is 15.3. The van der Waals surface area contributed by atoms with Crippen LogP contribution in [0.5, 0.6) is 0 Å². The normalized spacial score (nSPS) is 35.5. The predicted octanol–water partition coefficient (Wildman–Crippen LogP) is 6.34. The van der Waals surface area contributed by atoms with Crippen LogP contribution in [0.3, 0.4) is 0 Å². The fourth-order valence-corrected chi connectivity index (χ4v) is 9.23. The molecule has 4 aliphatic carbocycles. The van der Waals surface area contributed by atoms with Crippen molar-refractivity contribution in [3.63, 3.8) is 0 Å². The first-order chi connectivity index (χ1) is 16.8. The SMILES string of the molecule is CCC(C(F)C(O)C1C(C2CCCCC2)CC(C2CCCCC2)CC1C1CCCCC1)C(O)(O)O. The zero-order valence-corrected chi connectivity index (χ0v) is 22.2. The molecule has 4 N–H and O–H groups in total. The van der Waals surface area contributed by atoms with Gasteiger partial charge in [0, 0.05) is 0 Å². The molecule has 0 bridgehead atoms. The van der Waals surface area contributed by atoms with Crippen molar-refractivity contribution in [1.29, 1.82) is 0 Å². The molecule has 5 unspecified atom stereocenters. The molecule has 0 radical (unpaired) electrons. The van der Waals surface area contributed by atoms with Gasteiger partial charge in [-0.3, -0.25) is 0 Å². The van der Waals surface area contributed by atoms with Crippen LogP contribution < -0.4 is 0 Å². The van der Waals surface area contributed by atoms with Crippen LogP contribution in [-0.2, 0) is 0 Å². The maximum atomic E-state index is 15.9. The molecular weight excluding hydrogens is 443 g/mol. The molecule has 0 aromatic rings. The summed E-state index contributed by atoms with van der Waals surface area (Å²) >= 11 is 0. The van der Waals surface area contributed by atoms with E-state index in [2.05, 4.69) is 0 Å². The average Bonchev–Trinajstić information content (AvgIpc) is 2.88. The van der Waals surface area contributed by atoms with Crippen LogP contribution in [-0.4, -0.2) is 38.7 Å². The lowest BCUT2D eigenvalue weighted by molar-refractivity contribution is -0.355. The van der Waals surface area contributed by atoms with Gasteiger partial charge >= 0.3 is 0 Å². The minimum Gasteiger partial charge on any atom is -0.390 e. The summed E-state index contributed by atoms with van der Waals surface area (Å²) in [5, 5.41) is 41.4. The van der Waals surface area contributed by atoms with Gasteiger partial charge < -0.3 is 20.4 Å². The number of hydrogen-bond donors (Lipinski definition) is 4. The molecule has 0 heterocycles. The van der Waals surface area contributed by atoms with Crippen molar-refractivity contribution in [3.05, 3.63) is 0 Å². The molecule has 0 spiro atoms. The number of aliphatic hydroxyl groups excluding tert-OH is 1. The van der Waals surface area contributed by atoms with E-state index < -0.39 is 24.2 Å². The fourth-order valence-electron chi connectivity index (χ4n) is 9.23. The lowest BCUT2D eigenvalue weighted by atomic mass is 9.53. The summed E-state index contributed by atoms with van der Waals surface area (Å²) in [4.78, 5) is 0. The Morgan fingerprint density at radius 3 is 1.43 bits per heavy atom. The third kappa shape index (κ3) is 6.62. The van der Waals surface area contributed by atoms with Gasteiger partial charge in [0.15, 0.2) is 0 Å². The Morgan fingerprint density at radius 2 is 1.06 bits per heavy atom. The van der Waals surface area contributed by atoms with E-state index in [9.17, 15) is 20.4 Å². The molecule has 0 aromatic heterocycles. The zero-order chi connectivity index (χ0) is 25.0. The largest absolute Gasteiger partial charge is 0.390 e. The van der Waals surface area contributed by atoms with Crippen LogP contribution in [0.2, 0.25) is 0 Å². The van der Waals surface area contributed by atoms with Crippen molar-refractivity contribution in [1.82, 2.24) is 0 Å². The fraction of sp³-hybridized carbons (Fsp3) is 1.00. The van der Waals surface area contributed by atoms with E-state index in [-0.39, 0.29) is 12.3 Å². The Hall–Kier alpha value is -0.230. The number of hydrogen-bond acceptors (Lipinski definition) is 4. The van der Waals surface area contributed by atoms with E-state index in [4.69, 9.17) is 0 Å². The summed E-state index contributed by atoms with van der Waals surface area (Å²) in [6.45, 7) is 1.65. The first-order valence-corrected chi connectivity index (χ1v) is 15.3. The van der Waals surface area contributed by atoms with E-state index in [1.807, 2.05) is 0 Å². The van der Waals surface area contributed by atoms with Gasteiger partial charge in [0.1, 0.15) is 6.17 Å². The molecule has 0 amide bonds. The monoisotopic (exact) mass is 496 g/mol. The van der Waals surface area contributed by atoms with E-state index >= 15 is 4.39 Å². The summed E-state index contributed by atoms with van der Waals surface area (Å²) < 4.78 is 15.9. The summed E-state index contributed by atoms with van der Waals surface area (Å²) in [6, 6.07) is 0. The lowest BCUT2D eigenvalue weighted by Crippen LogP contribution is -2.54. The van der Waals surface area contributed by atoms with Gasteiger partial charge in [0.05, 0.1) is 12.0 Å². The summed E-state index contributed by atoms with van der Waals surface area (Å²) in [5.41, 5.74) is 0. The van der Waals surface area contributed by atoms with Gasteiger partial charge in [0.25, 0.3) is 5.97 Å². The average molecular weight is 497 g/mol. The number of aliphatic hydroxyl groups is 4. The number of rotatable bonds is 8. The smallest absolute Gasteiger partial charge is 0.281 e. The van der Waals surface area contributed by atoms with Gasteiger partial charge in [-0.15, -0.1) is 0 Å². The highest BCUT2D eigenvalue weighted by atomic mass is 19.1. The summed E-state index contributed by atoms with van der Waals surface area (Å²) in [5.74, 6) is -1.49. The Bertz CT molecular complexity index is 590. The first kappa shape index (κ1) is 27.8.